The summed E-state index contributed by atoms with van der Waals surface area (Å²) in [5, 5.41) is 7.34. The minimum absolute atomic E-state index is 0.00597. The van der Waals surface area contributed by atoms with Crippen molar-refractivity contribution in [2.24, 2.45) is 0 Å². The fourth-order valence-electron chi connectivity index (χ4n) is 12.0. The van der Waals surface area contributed by atoms with Crippen LogP contribution < -0.4 is 26.4 Å². The van der Waals surface area contributed by atoms with Crippen LogP contribution in [0, 0.1) is 12.1 Å². The van der Waals surface area contributed by atoms with Crippen molar-refractivity contribution in [3.8, 4) is 5.69 Å². The molecule has 0 amide bonds. The Morgan fingerprint density at radius 3 is 1.83 bits per heavy atom. The Labute approximate surface area is 411 Å². The molecule has 0 spiro atoms. The third-order valence-corrected chi connectivity index (χ3v) is 15.3. The molecule has 0 fully saturated rings. The molecule has 0 unspecified atom stereocenters. The number of fused-ring (bicyclic) bond motifs is 17. The van der Waals surface area contributed by atoms with E-state index in [4.69, 9.17) is 13.3 Å². The van der Waals surface area contributed by atoms with Crippen LogP contribution in [0.15, 0.2) is 183 Å². The monoisotopic (exact) mass is 915 g/mol. The van der Waals surface area contributed by atoms with Gasteiger partial charge in [0.25, 0.3) is 6.71 Å². The number of benzene rings is 8. The molecule has 0 saturated carbocycles. The number of furan rings is 3. The molecule has 0 aliphatic carbocycles. The predicted molar refractivity (Wildman–Crippen MR) is 294 cm³/mol. The van der Waals surface area contributed by atoms with E-state index in [1.807, 2.05) is 24.3 Å². The Kier molecular flexibility index (Phi) is 7.96. The molecule has 6 nitrogen and oxygen atoms in total. The van der Waals surface area contributed by atoms with Crippen molar-refractivity contribution in [1.82, 2.24) is 4.57 Å². The van der Waals surface area contributed by atoms with Gasteiger partial charge >= 0.3 is 0 Å². The molecule has 2 aliphatic rings. The molecule has 0 N–H and O–H groups in total. The first-order valence-electron chi connectivity index (χ1n) is 24.6. The molecular weight excluding hydrogens is 870 g/mol. The number of nitrogens with zero attached hydrogens (tertiary/aromatic N) is 3. The summed E-state index contributed by atoms with van der Waals surface area (Å²) < 4.78 is 22.8. The maximum Gasteiger partial charge on any atom is 0.297 e. The van der Waals surface area contributed by atoms with Crippen LogP contribution in [0.25, 0.3) is 82.3 Å². The lowest BCUT2D eigenvalue weighted by molar-refractivity contribution is 0.590. The van der Waals surface area contributed by atoms with Crippen molar-refractivity contribution in [3.63, 3.8) is 0 Å². The van der Waals surface area contributed by atoms with Gasteiger partial charge < -0.3 is 27.6 Å². The summed E-state index contributed by atoms with van der Waals surface area (Å²) in [5.41, 5.74) is 19.8. The molecular formula is C64H46BN3O3. The van der Waals surface area contributed by atoms with Gasteiger partial charge in [0, 0.05) is 55.4 Å². The second kappa shape index (κ2) is 14.0. The van der Waals surface area contributed by atoms with Gasteiger partial charge in [-0.15, -0.1) is 0 Å². The first-order chi connectivity index (χ1) is 34.5. The van der Waals surface area contributed by atoms with Gasteiger partial charge in [-0.3, -0.25) is 0 Å². The second-order valence-electron chi connectivity index (χ2n) is 21.5. The Hall–Kier alpha value is -8.60. The molecule has 71 heavy (non-hydrogen) atoms. The zero-order chi connectivity index (χ0) is 47.7. The predicted octanol–water partition coefficient (Wildman–Crippen LogP) is 15.6. The summed E-state index contributed by atoms with van der Waals surface area (Å²) in [6, 6.07) is 68.4. The lowest BCUT2D eigenvalue weighted by Gasteiger charge is -2.42. The summed E-state index contributed by atoms with van der Waals surface area (Å²) in [6.45, 7) is 13.4. The normalized spacial score (nSPS) is 13.6. The van der Waals surface area contributed by atoms with E-state index in [0.717, 1.165) is 111 Å². The Morgan fingerprint density at radius 1 is 0.465 bits per heavy atom. The van der Waals surface area contributed by atoms with Crippen molar-refractivity contribution >= 4 is 134 Å². The number of aromatic nitrogens is 1. The summed E-state index contributed by atoms with van der Waals surface area (Å²) in [5.74, 6) is 0. The molecule has 0 radical (unpaired) electrons. The molecule has 9 aromatic carbocycles. The number of para-hydroxylation sites is 2. The minimum atomic E-state index is -0.266. The van der Waals surface area contributed by atoms with Crippen molar-refractivity contribution in [3.05, 3.63) is 193 Å². The van der Waals surface area contributed by atoms with E-state index in [1.54, 1.807) is 0 Å². The van der Waals surface area contributed by atoms with Crippen molar-refractivity contribution in [2.75, 3.05) is 9.80 Å². The molecule has 13 aromatic rings. The Balaban J connectivity index is 1.06. The van der Waals surface area contributed by atoms with Gasteiger partial charge in [-0.25, -0.2) is 0 Å². The fraction of sp³-hybridized carbons (Fsp3) is 0.125. The van der Waals surface area contributed by atoms with Gasteiger partial charge in [0.2, 0.25) is 0 Å². The van der Waals surface area contributed by atoms with Crippen LogP contribution in [0.4, 0.5) is 34.1 Å². The van der Waals surface area contributed by atoms with Crippen LogP contribution in [0.2, 0.25) is 0 Å². The van der Waals surface area contributed by atoms with Crippen LogP contribution in [-0.4, -0.2) is 11.3 Å². The largest absolute Gasteiger partial charge is 0.467 e. The van der Waals surface area contributed by atoms with Gasteiger partial charge in [0.1, 0.15) is 27.9 Å². The lowest BCUT2D eigenvalue weighted by Crippen LogP contribution is -2.61. The molecule has 0 atom stereocenters. The lowest BCUT2D eigenvalue weighted by atomic mass is 9.35. The average molecular weight is 916 g/mol. The van der Waals surface area contributed by atoms with E-state index < -0.39 is 0 Å². The highest BCUT2D eigenvalue weighted by Gasteiger charge is 2.48. The van der Waals surface area contributed by atoms with E-state index >= 15 is 0 Å². The highest BCUT2D eigenvalue weighted by atomic mass is 16.3. The second-order valence-corrected chi connectivity index (χ2v) is 21.5. The van der Waals surface area contributed by atoms with Gasteiger partial charge in [-0.05, 0) is 130 Å². The Bertz CT molecular complexity index is 4380. The minimum Gasteiger partial charge on any atom is -0.467 e. The number of rotatable bonds is 3. The van der Waals surface area contributed by atoms with E-state index in [-0.39, 0.29) is 17.5 Å². The van der Waals surface area contributed by atoms with Gasteiger partial charge in [-0.2, -0.15) is 0 Å². The first kappa shape index (κ1) is 40.3. The van der Waals surface area contributed by atoms with Crippen LogP contribution in [0.5, 0.6) is 0 Å². The fourth-order valence-corrected chi connectivity index (χ4v) is 12.0. The summed E-state index contributed by atoms with van der Waals surface area (Å²) >= 11 is 0. The van der Waals surface area contributed by atoms with Crippen LogP contribution in [0.1, 0.15) is 52.7 Å². The highest BCUT2D eigenvalue weighted by Crippen LogP contribution is 2.51. The van der Waals surface area contributed by atoms with Gasteiger partial charge in [0.15, 0.2) is 0 Å². The smallest absolute Gasteiger partial charge is 0.297 e. The van der Waals surface area contributed by atoms with Crippen molar-refractivity contribution in [2.45, 2.75) is 52.4 Å². The molecule has 6 heterocycles. The van der Waals surface area contributed by atoms with Crippen molar-refractivity contribution in [1.29, 1.82) is 0 Å². The van der Waals surface area contributed by atoms with Crippen LogP contribution in [0.3, 0.4) is 0 Å². The SMILES string of the molecule is CC(C)(C)c1ccc(N2c3cccc4c3B(c3ccc5c(c3N4c3ccc(C(C)(C)C)cc3)c3ccccc3n5-c3ccc4oc5ccccc5c4c3)c3oc4c(ccc5oc6ccc#cc6c54)c32)cc1. The zero-order valence-electron chi connectivity index (χ0n) is 40.3. The highest BCUT2D eigenvalue weighted by molar-refractivity contribution is 7.00. The van der Waals surface area contributed by atoms with Crippen LogP contribution >= 0.6 is 0 Å². The van der Waals surface area contributed by atoms with Crippen molar-refractivity contribution < 1.29 is 13.3 Å². The molecule has 0 saturated heterocycles. The van der Waals surface area contributed by atoms with E-state index in [9.17, 15) is 0 Å². The topological polar surface area (TPSA) is 50.8 Å². The maximum absolute atomic E-state index is 7.57. The number of anilines is 6. The average Bonchev–Trinajstić information content (AvgIpc) is 4.15. The number of hydrogen-bond acceptors (Lipinski definition) is 5. The third kappa shape index (κ3) is 5.56. The van der Waals surface area contributed by atoms with E-state index in [2.05, 4.69) is 214 Å². The van der Waals surface area contributed by atoms with E-state index in [1.165, 1.54) is 32.8 Å². The third-order valence-electron chi connectivity index (χ3n) is 15.3. The molecule has 0 bridgehead atoms. The summed E-state index contributed by atoms with van der Waals surface area (Å²) in [6.07, 6.45) is 0. The summed E-state index contributed by atoms with van der Waals surface area (Å²) in [7, 11) is 0. The quantitative estimate of drug-likeness (QED) is 0.165. The van der Waals surface area contributed by atoms with Gasteiger partial charge in [0.05, 0.1) is 38.8 Å². The molecule has 7 heteroatoms. The Morgan fingerprint density at radius 2 is 1.10 bits per heavy atom. The van der Waals surface area contributed by atoms with Crippen LogP contribution in [-0.2, 0) is 10.8 Å². The standard InChI is InChI=1S/C64H46BN3O3/c1-63(2,3)37-22-26-39(27-23-37)67-50-18-13-19-51-58(50)65(62-59(67)45-31-35-55-57(61(45)71-62)44-16-9-12-21-53(44)70-55)47-32-33-49-56(60(47)68(51)40-28-24-38(25-29-40)64(4,5)6)43-15-7-10-17-48(43)66(49)41-30-34-54-46(36-41)42-14-8-11-20-52(42)69-54/h7-8,10-15,17-36H,1-6H3. The number of hydrogen-bond donors (Lipinski definition) is 0. The van der Waals surface area contributed by atoms with Gasteiger partial charge in [-0.1, -0.05) is 126 Å². The summed E-state index contributed by atoms with van der Waals surface area (Å²) in [4.78, 5) is 4.98. The maximum atomic E-state index is 7.57. The molecule has 2 aliphatic heterocycles. The molecule has 4 aromatic heterocycles. The van der Waals surface area contributed by atoms with E-state index in [0.29, 0.717) is 0 Å². The molecule has 15 rings (SSSR count). The molecule has 338 valence electrons. The zero-order valence-corrected chi connectivity index (χ0v) is 40.3. The first-order valence-corrected chi connectivity index (χ1v) is 24.6.